The lowest BCUT2D eigenvalue weighted by atomic mass is 9.87. The zero-order valence-electron chi connectivity index (χ0n) is 19.7. The number of nitrogens with one attached hydrogen (secondary N) is 1. The Balaban J connectivity index is 1.49. The van der Waals surface area contributed by atoms with Crippen LogP contribution in [0.2, 0.25) is 0 Å². The van der Waals surface area contributed by atoms with Gasteiger partial charge < -0.3 is 20.6 Å². The number of phenols is 2. The third-order valence-corrected chi connectivity index (χ3v) is 6.30. The minimum atomic E-state index is -0.812. The molecule has 2 aromatic carbocycles. The van der Waals surface area contributed by atoms with Crippen LogP contribution in [0.1, 0.15) is 29.0 Å². The van der Waals surface area contributed by atoms with E-state index in [1.807, 2.05) is 18.2 Å². The van der Waals surface area contributed by atoms with Crippen molar-refractivity contribution < 1.29 is 20.1 Å². The van der Waals surface area contributed by atoms with E-state index < -0.39 is 17.4 Å². The van der Waals surface area contributed by atoms with E-state index in [0.717, 1.165) is 10.9 Å². The van der Waals surface area contributed by atoms with Crippen LogP contribution in [0.4, 0.5) is 0 Å². The highest BCUT2D eigenvalue weighted by molar-refractivity contribution is 5.84. The number of carbonyl (C=O) groups is 1. The summed E-state index contributed by atoms with van der Waals surface area (Å²) in [4.78, 5) is 35.3. The number of hydrogen-bond donors (Lipinski definition) is 4. The number of aromatic nitrogens is 3. The van der Waals surface area contributed by atoms with Crippen LogP contribution in [0.5, 0.6) is 17.4 Å². The van der Waals surface area contributed by atoms with Crippen LogP contribution in [0, 0.1) is 0 Å². The number of carbonyl (C=O) groups excluding carboxylic acids is 1. The average molecular weight is 497 g/mol. The molecule has 0 bridgehead atoms. The average Bonchev–Trinajstić information content (AvgIpc) is 2.90. The van der Waals surface area contributed by atoms with Crippen molar-refractivity contribution in [2.24, 2.45) is 0 Å². The van der Waals surface area contributed by atoms with Crippen LogP contribution >= 0.6 is 0 Å². The summed E-state index contributed by atoms with van der Waals surface area (Å²) >= 11 is 0. The van der Waals surface area contributed by atoms with Crippen molar-refractivity contribution in [2.45, 2.75) is 18.8 Å². The third-order valence-electron chi connectivity index (χ3n) is 6.30. The van der Waals surface area contributed by atoms with Crippen molar-refractivity contribution in [1.82, 2.24) is 19.7 Å². The van der Waals surface area contributed by atoms with Gasteiger partial charge in [-0.25, -0.2) is 0 Å². The Morgan fingerprint density at radius 3 is 2.65 bits per heavy atom. The molecule has 9 heteroatoms. The zero-order valence-corrected chi connectivity index (χ0v) is 19.7. The lowest BCUT2D eigenvalue weighted by Crippen LogP contribution is -2.30. The maximum atomic E-state index is 13.5. The molecule has 5 rings (SSSR count). The second kappa shape index (κ2) is 9.98. The summed E-state index contributed by atoms with van der Waals surface area (Å²) in [5.74, 6) is -2.02. The molecular formula is C28H24N4O5. The Kier molecular flexibility index (Phi) is 6.42. The maximum Gasteiger partial charge on any atom is 0.265 e. The summed E-state index contributed by atoms with van der Waals surface area (Å²) in [7, 11) is 0. The molecule has 4 N–H and O–H groups in total. The molecule has 186 valence electrons. The summed E-state index contributed by atoms with van der Waals surface area (Å²) in [5.41, 5.74) is 1.83. The minimum Gasteiger partial charge on any atom is -0.504 e. The monoisotopic (exact) mass is 496 g/mol. The van der Waals surface area contributed by atoms with Gasteiger partial charge >= 0.3 is 0 Å². The Morgan fingerprint density at radius 2 is 1.81 bits per heavy atom. The minimum absolute atomic E-state index is 0.0143. The Hall–Kier alpha value is -4.92. The lowest BCUT2D eigenvalue weighted by Gasteiger charge is -2.20. The van der Waals surface area contributed by atoms with Crippen molar-refractivity contribution in [2.75, 3.05) is 6.54 Å². The number of aromatic hydroxyl groups is 3. The molecule has 3 aromatic heterocycles. The standard InChI is InChI=1S/C28H24N4O5/c33-21-10-9-17(15-22(21)34)11-13-29-24(35)16-20(19-7-3-5-18-6-4-12-30-26(18)19)25-27(36)31-23-8-1-2-14-32(23)28(25)37/h1-10,12,14-15,20,33-34,36H,11,13,16H2,(H,29,35)/t20-/m1/s1. The van der Waals surface area contributed by atoms with Crippen LogP contribution in [-0.4, -0.2) is 42.1 Å². The van der Waals surface area contributed by atoms with E-state index in [4.69, 9.17) is 0 Å². The molecule has 0 aliphatic rings. The Labute approximate surface area is 211 Å². The largest absolute Gasteiger partial charge is 0.504 e. The first-order chi connectivity index (χ1) is 17.9. The zero-order chi connectivity index (χ0) is 25.9. The van der Waals surface area contributed by atoms with Crippen molar-refractivity contribution in [1.29, 1.82) is 0 Å². The predicted molar refractivity (Wildman–Crippen MR) is 138 cm³/mol. The van der Waals surface area contributed by atoms with E-state index in [9.17, 15) is 24.9 Å². The van der Waals surface area contributed by atoms with E-state index in [0.29, 0.717) is 23.1 Å². The normalized spacial score (nSPS) is 12.0. The van der Waals surface area contributed by atoms with Gasteiger partial charge in [-0.1, -0.05) is 36.4 Å². The van der Waals surface area contributed by atoms with Gasteiger partial charge in [-0.05, 0) is 47.9 Å². The van der Waals surface area contributed by atoms with E-state index >= 15 is 0 Å². The van der Waals surface area contributed by atoms with Crippen LogP contribution in [0.15, 0.2) is 83.9 Å². The van der Waals surface area contributed by atoms with Crippen molar-refractivity contribution in [3.05, 3.63) is 106 Å². The van der Waals surface area contributed by atoms with Crippen molar-refractivity contribution >= 4 is 22.5 Å². The molecule has 0 fully saturated rings. The number of pyridine rings is 2. The molecule has 0 saturated carbocycles. The highest BCUT2D eigenvalue weighted by Crippen LogP contribution is 2.34. The van der Waals surface area contributed by atoms with E-state index in [-0.39, 0.29) is 35.9 Å². The number of para-hydroxylation sites is 1. The number of nitrogens with zero attached hydrogens (tertiary/aromatic N) is 3. The second-order valence-corrected chi connectivity index (χ2v) is 8.69. The molecule has 1 amide bonds. The van der Waals surface area contributed by atoms with Crippen LogP contribution in [0.25, 0.3) is 16.6 Å². The molecule has 0 aliphatic heterocycles. The number of rotatable bonds is 7. The fourth-order valence-electron chi connectivity index (χ4n) is 4.50. The van der Waals surface area contributed by atoms with Crippen LogP contribution < -0.4 is 10.9 Å². The van der Waals surface area contributed by atoms with Gasteiger partial charge in [-0.2, -0.15) is 4.98 Å². The van der Waals surface area contributed by atoms with Crippen LogP contribution in [-0.2, 0) is 11.2 Å². The summed E-state index contributed by atoms with van der Waals surface area (Å²) in [6.45, 7) is 0.268. The number of benzene rings is 2. The van der Waals surface area contributed by atoms with Gasteiger partial charge in [0.2, 0.25) is 11.8 Å². The van der Waals surface area contributed by atoms with E-state index in [1.54, 1.807) is 48.8 Å². The molecule has 5 aromatic rings. The molecule has 0 saturated heterocycles. The molecule has 1 atom stereocenters. The molecular weight excluding hydrogens is 472 g/mol. The second-order valence-electron chi connectivity index (χ2n) is 8.69. The van der Waals surface area contributed by atoms with Gasteiger partial charge in [0.05, 0.1) is 11.1 Å². The Morgan fingerprint density at radius 1 is 0.973 bits per heavy atom. The highest BCUT2D eigenvalue weighted by atomic mass is 16.3. The summed E-state index contributed by atoms with van der Waals surface area (Å²) < 4.78 is 1.34. The SMILES string of the molecule is O=C(C[C@@H](c1c(O)nc2ccccn2c1=O)c1cccc2cccnc12)NCCc1ccc(O)c(O)c1. The van der Waals surface area contributed by atoms with Gasteiger partial charge in [-0.15, -0.1) is 0 Å². The van der Waals surface area contributed by atoms with Gasteiger partial charge in [0.1, 0.15) is 5.65 Å². The van der Waals surface area contributed by atoms with Gasteiger partial charge in [0.15, 0.2) is 11.5 Å². The highest BCUT2D eigenvalue weighted by Gasteiger charge is 2.28. The number of hydrogen-bond acceptors (Lipinski definition) is 7. The number of amides is 1. The number of phenolic OH excluding ortho intramolecular Hbond substituents is 2. The first-order valence-electron chi connectivity index (χ1n) is 11.7. The van der Waals surface area contributed by atoms with Gasteiger partial charge in [-0.3, -0.25) is 19.0 Å². The molecule has 0 unspecified atom stereocenters. The third kappa shape index (κ3) is 4.79. The predicted octanol–water partition coefficient (Wildman–Crippen LogP) is 3.24. The van der Waals surface area contributed by atoms with Crippen molar-refractivity contribution in [3.8, 4) is 17.4 Å². The summed E-state index contributed by atoms with van der Waals surface area (Å²) in [6, 6.07) is 18.7. The molecule has 3 heterocycles. The fourth-order valence-corrected chi connectivity index (χ4v) is 4.50. The molecule has 0 aliphatic carbocycles. The van der Waals surface area contributed by atoms with E-state index in [2.05, 4.69) is 15.3 Å². The van der Waals surface area contributed by atoms with Crippen molar-refractivity contribution in [3.63, 3.8) is 0 Å². The summed E-state index contributed by atoms with van der Waals surface area (Å²) in [6.07, 6.45) is 3.51. The molecule has 0 radical (unpaired) electrons. The number of fused-ring (bicyclic) bond motifs is 2. The maximum absolute atomic E-state index is 13.5. The molecule has 37 heavy (non-hydrogen) atoms. The Bertz CT molecular complexity index is 1680. The fraction of sp³-hybridized carbons (Fsp3) is 0.143. The molecule has 0 spiro atoms. The van der Waals surface area contributed by atoms with Gasteiger partial charge in [0.25, 0.3) is 5.56 Å². The van der Waals surface area contributed by atoms with Gasteiger partial charge in [0, 0.05) is 36.7 Å². The first kappa shape index (κ1) is 23.8. The quantitative estimate of drug-likeness (QED) is 0.254. The van der Waals surface area contributed by atoms with Crippen LogP contribution in [0.3, 0.4) is 0 Å². The van der Waals surface area contributed by atoms with E-state index in [1.165, 1.54) is 16.5 Å². The lowest BCUT2D eigenvalue weighted by molar-refractivity contribution is -0.121. The first-order valence-corrected chi connectivity index (χ1v) is 11.7. The topological polar surface area (TPSA) is 137 Å². The summed E-state index contributed by atoms with van der Waals surface area (Å²) in [5, 5.41) is 33.7. The molecule has 9 nitrogen and oxygen atoms in total. The smallest absolute Gasteiger partial charge is 0.265 e.